The number of hydrogen-bond donors (Lipinski definition) is 1. The number of nitrogens with zero attached hydrogens (tertiary/aromatic N) is 1. The molecule has 2 nitrogen and oxygen atoms in total. The van der Waals surface area contributed by atoms with E-state index in [2.05, 4.69) is 17.2 Å². The fourth-order valence-electron chi connectivity index (χ4n) is 2.39. The fourth-order valence-corrected chi connectivity index (χ4v) is 3.84. The van der Waals surface area contributed by atoms with Gasteiger partial charge in [0.15, 0.2) is 0 Å². The molecule has 1 aliphatic heterocycles. The Morgan fingerprint density at radius 2 is 2.39 bits per heavy atom. The molecule has 1 N–H and O–H groups in total. The van der Waals surface area contributed by atoms with Gasteiger partial charge < -0.3 is 5.32 Å². The molecule has 1 fully saturated rings. The van der Waals surface area contributed by atoms with E-state index in [1.54, 1.807) is 12.3 Å². The molecular weight excluding hydrogens is 247 g/mol. The van der Waals surface area contributed by atoms with Gasteiger partial charge in [-0.15, -0.1) is 0 Å². The summed E-state index contributed by atoms with van der Waals surface area (Å²) in [7, 11) is 0. The topological polar surface area (TPSA) is 24.9 Å². The number of rotatable bonds is 5. The van der Waals surface area contributed by atoms with Gasteiger partial charge in [-0.3, -0.25) is 4.98 Å². The van der Waals surface area contributed by atoms with Crippen molar-refractivity contribution in [1.82, 2.24) is 10.3 Å². The van der Waals surface area contributed by atoms with Crippen LogP contribution in [0.3, 0.4) is 0 Å². The lowest BCUT2D eigenvalue weighted by Crippen LogP contribution is -2.32. The van der Waals surface area contributed by atoms with Crippen LogP contribution in [0.5, 0.6) is 0 Å². The highest BCUT2D eigenvalue weighted by atomic mass is 32.2. The van der Waals surface area contributed by atoms with Crippen LogP contribution in [0.2, 0.25) is 0 Å². The highest BCUT2D eigenvalue weighted by Crippen LogP contribution is 2.34. The third kappa shape index (κ3) is 3.69. The molecule has 0 aliphatic carbocycles. The average Bonchev–Trinajstić information content (AvgIpc) is 2.40. The first kappa shape index (κ1) is 13.8. The predicted octanol–water partition coefficient (Wildman–Crippen LogP) is 3.55. The number of thioether (sulfide) groups is 1. The molecule has 1 aromatic rings. The molecule has 2 rings (SSSR count). The summed E-state index contributed by atoms with van der Waals surface area (Å²) in [5.74, 6) is 0.981. The third-order valence-corrected chi connectivity index (χ3v) is 4.75. The molecule has 100 valence electrons. The Hall–Kier alpha value is -0.610. The zero-order chi connectivity index (χ0) is 12.8. The van der Waals surface area contributed by atoms with Crippen molar-refractivity contribution in [3.63, 3.8) is 0 Å². The Morgan fingerprint density at radius 1 is 1.50 bits per heavy atom. The fraction of sp³-hybridized carbons (Fsp3) is 0.643. The first-order valence-corrected chi connectivity index (χ1v) is 7.81. The summed E-state index contributed by atoms with van der Waals surface area (Å²) in [6, 6.07) is 1.86. The molecule has 2 heterocycles. The lowest BCUT2D eigenvalue weighted by Gasteiger charge is -2.30. The number of nitrogens with one attached hydrogen (secondary N) is 1. The van der Waals surface area contributed by atoms with Crippen molar-refractivity contribution in [1.29, 1.82) is 0 Å². The Bertz CT molecular complexity index is 367. The Balaban J connectivity index is 2.12. The summed E-state index contributed by atoms with van der Waals surface area (Å²) < 4.78 is 13.3. The summed E-state index contributed by atoms with van der Waals surface area (Å²) >= 11 is 2.01. The van der Waals surface area contributed by atoms with Crippen LogP contribution in [0.25, 0.3) is 0 Å². The molecule has 0 radical (unpaired) electrons. The normalized spacial score (nSPS) is 21.8. The van der Waals surface area contributed by atoms with Gasteiger partial charge in [0.2, 0.25) is 0 Å². The van der Waals surface area contributed by atoms with Gasteiger partial charge in [-0.1, -0.05) is 13.3 Å². The molecule has 1 aromatic heterocycles. The predicted molar refractivity (Wildman–Crippen MR) is 75.3 cm³/mol. The summed E-state index contributed by atoms with van der Waals surface area (Å²) in [6.45, 7) is 3.13. The van der Waals surface area contributed by atoms with Crippen molar-refractivity contribution in [3.8, 4) is 0 Å². The number of aromatic nitrogens is 1. The van der Waals surface area contributed by atoms with E-state index in [1.807, 2.05) is 11.8 Å². The molecular formula is C14H21FN2S. The molecule has 0 saturated carbocycles. The van der Waals surface area contributed by atoms with Gasteiger partial charge in [-0.05, 0) is 43.2 Å². The van der Waals surface area contributed by atoms with Crippen LogP contribution in [-0.4, -0.2) is 22.5 Å². The van der Waals surface area contributed by atoms with Gasteiger partial charge in [0.1, 0.15) is 5.82 Å². The molecule has 0 spiro atoms. The van der Waals surface area contributed by atoms with E-state index in [9.17, 15) is 4.39 Å². The largest absolute Gasteiger partial charge is 0.309 e. The van der Waals surface area contributed by atoms with E-state index < -0.39 is 0 Å². The highest BCUT2D eigenvalue weighted by Gasteiger charge is 2.25. The van der Waals surface area contributed by atoms with Crippen LogP contribution in [-0.2, 0) is 0 Å². The van der Waals surface area contributed by atoms with Crippen molar-refractivity contribution in [2.75, 3.05) is 12.3 Å². The Morgan fingerprint density at radius 3 is 3.06 bits per heavy atom. The zero-order valence-electron chi connectivity index (χ0n) is 10.9. The molecule has 0 aromatic carbocycles. The standard InChI is InChI=1S/C14H21FN2S/c1-2-6-17-14(13-5-3-4-7-18-13)11-8-12(15)10-16-9-11/h8-10,13-14,17H,2-7H2,1H3. The molecule has 2 unspecified atom stereocenters. The zero-order valence-corrected chi connectivity index (χ0v) is 11.7. The van der Waals surface area contributed by atoms with Gasteiger partial charge in [-0.2, -0.15) is 11.8 Å². The summed E-state index contributed by atoms with van der Waals surface area (Å²) in [6.07, 6.45) is 7.97. The highest BCUT2D eigenvalue weighted by molar-refractivity contribution is 8.00. The van der Waals surface area contributed by atoms with Crippen molar-refractivity contribution in [2.24, 2.45) is 0 Å². The monoisotopic (exact) mass is 268 g/mol. The van der Waals surface area contributed by atoms with Crippen LogP contribution in [0.1, 0.15) is 44.2 Å². The lowest BCUT2D eigenvalue weighted by molar-refractivity contribution is 0.475. The van der Waals surface area contributed by atoms with Crippen molar-refractivity contribution >= 4 is 11.8 Å². The minimum atomic E-state index is -0.239. The molecule has 18 heavy (non-hydrogen) atoms. The minimum absolute atomic E-state index is 0.235. The van der Waals surface area contributed by atoms with E-state index in [1.165, 1.54) is 31.2 Å². The second-order valence-electron chi connectivity index (χ2n) is 4.77. The Kier molecular flexibility index (Phi) is 5.45. The maximum absolute atomic E-state index is 13.3. The van der Waals surface area contributed by atoms with Crippen LogP contribution in [0, 0.1) is 5.82 Å². The van der Waals surface area contributed by atoms with E-state index >= 15 is 0 Å². The van der Waals surface area contributed by atoms with Gasteiger partial charge in [0.05, 0.1) is 6.20 Å². The van der Waals surface area contributed by atoms with E-state index in [0.29, 0.717) is 5.25 Å². The number of hydrogen-bond acceptors (Lipinski definition) is 3. The smallest absolute Gasteiger partial charge is 0.141 e. The average molecular weight is 268 g/mol. The first-order valence-electron chi connectivity index (χ1n) is 6.76. The molecule has 0 bridgehead atoms. The summed E-state index contributed by atoms with van der Waals surface area (Å²) in [4.78, 5) is 3.98. The van der Waals surface area contributed by atoms with Crippen LogP contribution >= 0.6 is 11.8 Å². The van der Waals surface area contributed by atoms with Gasteiger partial charge >= 0.3 is 0 Å². The van der Waals surface area contributed by atoms with Crippen molar-refractivity contribution in [2.45, 2.75) is 43.9 Å². The quantitative estimate of drug-likeness (QED) is 0.884. The van der Waals surface area contributed by atoms with E-state index in [-0.39, 0.29) is 11.9 Å². The first-order chi connectivity index (χ1) is 8.81. The van der Waals surface area contributed by atoms with Gasteiger partial charge in [0, 0.05) is 17.5 Å². The minimum Gasteiger partial charge on any atom is -0.309 e. The second-order valence-corrected chi connectivity index (χ2v) is 6.12. The SMILES string of the molecule is CCCNC(c1cncc(F)c1)C1CCCCS1. The second kappa shape index (κ2) is 7.10. The maximum Gasteiger partial charge on any atom is 0.141 e. The van der Waals surface area contributed by atoms with E-state index in [4.69, 9.17) is 0 Å². The molecule has 1 aliphatic rings. The van der Waals surface area contributed by atoms with Crippen LogP contribution < -0.4 is 5.32 Å². The molecule has 4 heteroatoms. The lowest BCUT2D eigenvalue weighted by atomic mass is 10.0. The van der Waals surface area contributed by atoms with E-state index in [0.717, 1.165) is 18.5 Å². The van der Waals surface area contributed by atoms with Gasteiger partial charge in [0.25, 0.3) is 0 Å². The Labute approximate surface area is 113 Å². The van der Waals surface area contributed by atoms with Crippen LogP contribution in [0.15, 0.2) is 18.5 Å². The maximum atomic E-state index is 13.3. The van der Waals surface area contributed by atoms with Crippen molar-refractivity contribution < 1.29 is 4.39 Å². The molecule has 2 atom stereocenters. The number of halogens is 1. The van der Waals surface area contributed by atoms with Crippen molar-refractivity contribution in [3.05, 3.63) is 29.8 Å². The molecule has 1 saturated heterocycles. The molecule has 0 amide bonds. The van der Waals surface area contributed by atoms with Crippen LogP contribution in [0.4, 0.5) is 4.39 Å². The number of pyridine rings is 1. The van der Waals surface area contributed by atoms with Gasteiger partial charge in [-0.25, -0.2) is 4.39 Å². The third-order valence-electron chi connectivity index (χ3n) is 3.29. The summed E-state index contributed by atoms with van der Waals surface area (Å²) in [5.41, 5.74) is 0.989. The summed E-state index contributed by atoms with van der Waals surface area (Å²) in [5, 5.41) is 4.11.